The summed E-state index contributed by atoms with van der Waals surface area (Å²) in [5.74, 6) is 0. The van der Waals surface area contributed by atoms with Crippen molar-refractivity contribution in [3.8, 4) is 0 Å². The van der Waals surface area contributed by atoms with Crippen molar-refractivity contribution in [2.45, 2.75) is 96.4 Å². The highest BCUT2D eigenvalue weighted by molar-refractivity contribution is 5.66. The van der Waals surface area contributed by atoms with Crippen molar-refractivity contribution in [3.63, 3.8) is 0 Å². The minimum atomic E-state index is -0.444. The van der Waals surface area contributed by atoms with Crippen molar-refractivity contribution >= 4 is 18.3 Å². The first-order chi connectivity index (χ1) is 21.0. The second-order valence-electron chi connectivity index (χ2n) is 10.9. The SMILES string of the molecule is C=C(C)CONCCOC(=O)NCCCCCCN(NCOC1CCCCC[N+]1=C=O)NCOC1CCCCC[N+]1=C=O. The number of hydroxylamine groups is 1. The van der Waals surface area contributed by atoms with Gasteiger partial charge in [-0.2, -0.15) is 20.2 Å². The Balaban J connectivity index is 1.67. The average Bonchev–Trinajstić information content (AvgIpc) is 3.38. The summed E-state index contributed by atoms with van der Waals surface area (Å²) in [6.45, 7) is 9.59. The molecule has 0 bridgehead atoms. The van der Waals surface area contributed by atoms with Crippen molar-refractivity contribution < 1.29 is 42.6 Å². The number of nitrogens with zero attached hydrogens (tertiary/aromatic N) is 3. The van der Waals surface area contributed by atoms with Gasteiger partial charge in [0.05, 0.1) is 13.2 Å². The number of hydrogen-bond donors (Lipinski definition) is 4. The minimum Gasteiger partial charge on any atom is -0.448 e. The van der Waals surface area contributed by atoms with Crippen LogP contribution in [0.1, 0.15) is 84.0 Å². The number of ether oxygens (including phenoxy) is 3. The molecule has 0 aromatic rings. The molecule has 1 amide bonds. The molecule has 2 unspecified atom stereocenters. The Morgan fingerprint density at radius 1 is 0.860 bits per heavy atom. The van der Waals surface area contributed by atoms with Crippen LogP contribution in [0.15, 0.2) is 12.2 Å². The fraction of sp³-hybridized carbons (Fsp3) is 0.828. The number of hydrogen-bond acceptors (Lipinski definition) is 11. The number of carbonyl (C=O) groups is 1. The van der Waals surface area contributed by atoms with Gasteiger partial charge in [-0.25, -0.2) is 15.6 Å². The number of unbranched alkanes of at least 4 members (excludes halogenated alkanes) is 3. The van der Waals surface area contributed by atoms with Crippen LogP contribution in [0.25, 0.3) is 0 Å². The second kappa shape index (κ2) is 23.9. The molecule has 2 saturated heterocycles. The first-order valence-corrected chi connectivity index (χ1v) is 15.7. The van der Waals surface area contributed by atoms with E-state index in [-0.39, 0.29) is 32.5 Å². The van der Waals surface area contributed by atoms with Crippen LogP contribution in [0.2, 0.25) is 0 Å². The van der Waals surface area contributed by atoms with Crippen LogP contribution < -0.4 is 21.6 Å². The third-order valence-corrected chi connectivity index (χ3v) is 7.13. The van der Waals surface area contributed by atoms with Crippen LogP contribution in [-0.4, -0.2) is 104 Å². The highest BCUT2D eigenvalue weighted by atomic mass is 16.6. The van der Waals surface area contributed by atoms with Gasteiger partial charge in [-0.3, -0.25) is 4.84 Å². The van der Waals surface area contributed by atoms with Crippen LogP contribution >= 0.6 is 0 Å². The molecule has 244 valence electrons. The number of isocyanates is 2. The molecule has 0 radical (unpaired) electrons. The molecule has 4 N–H and O–H groups in total. The van der Waals surface area contributed by atoms with Gasteiger partial charge in [0.25, 0.3) is 12.5 Å². The zero-order valence-electron chi connectivity index (χ0n) is 25.9. The van der Waals surface area contributed by atoms with Gasteiger partial charge in [-0.05, 0) is 45.4 Å². The molecule has 2 aliphatic heterocycles. The van der Waals surface area contributed by atoms with Gasteiger partial charge in [0, 0.05) is 38.8 Å². The van der Waals surface area contributed by atoms with E-state index in [4.69, 9.17) is 19.0 Å². The fourth-order valence-corrected chi connectivity index (χ4v) is 4.77. The summed E-state index contributed by atoms with van der Waals surface area (Å²) in [5.41, 5.74) is 10.1. The lowest BCUT2D eigenvalue weighted by Gasteiger charge is -2.25. The molecule has 0 aromatic heterocycles. The van der Waals surface area contributed by atoms with Gasteiger partial charge in [-0.15, -0.1) is 9.15 Å². The van der Waals surface area contributed by atoms with Crippen LogP contribution in [0.3, 0.4) is 0 Å². The number of hydrazine groups is 2. The predicted molar refractivity (Wildman–Crippen MR) is 158 cm³/mol. The van der Waals surface area contributed by atoms with Crippen LogP contribution in [0.5, 0.6) is 0 Å². The Morgan fingerprint density at radius 3 is 2.05 bits per heavy atom. The largest absolute Gasteiger partial charge is 0.448 e. The number of rotatable bonds is 21. The molecule has 0 saturated carbocycles. The lowest BCUT2D eigenvalue weighted by atomic mass is 10.2. The van der Waals surface area contributed by atoms with Crippen molar-refractivity contribution in [1.29, 1.82) is 0 Å². The smallest absolute Gasteiger partial charge is 0.426 e. The molecule has 14 heteroatoms. The van der Waals surface area contributed by atoms with Crippen molar-refractivity contribution in [3.05, 3.63) is 12.2 Å². The molecule has 2 rings (SSSR count). The molecule has 0 aromatic carbocycles. The maximum atomic E-state index is 11.8. The molecule has 43 heavy (non-hydrogen) atoms. The van der Waals surface area contributed by atoms with Gasteiger partial charge in [-0.1, -0.05) is 25.0 Å². The zero-order valence-corrected chi connectivity index (χ0v) is 25.9. The summed E-state index contributed by atoms with van der Waals surface area (Å²) < 4.78 is 20.3. The monoisotopic (exact) mass is 611 g/mol. The molecule has 2 atom stereocenters. The predicted octanol–water partition coefficient (Wildman–Crippen LogP) is 2.13. The van der Waals surface area contributed by atoms with Crippen LogP contribution in [0.4, 0.5) is 4.79 Å². The first-order valence-electron chi connectivity index (χ1n) is 15.7. The normalized spacial score (nSPS) is 19.3. The van der Waals surface area contributed by atoms with E-state index in [9.17, 15) is 14.4 Å². The standard InChI is InChI=1S/C29H52N7O7/c1-26(2)21-43-33-16-20-40-29(39)30-15-9-3-4-12-19-36(31-22-41-27-13-7-5-10-17-34(27)24-37)32-23-42-28-14-8-6-11-18-35(28)25-38/h27-28,31-33H,1,3-23H2,2H3/q+1/p+1. The number of nitrogens with one attached hydrogen (secondary N) is 4. The Kier molecular flexibility index (Phi) is 20.4. The number of amides is 1. The summed E-state index contributed by atoms with van der Waals surface area (Å²) in [5, 5.41) is 4.59. The molecule has 2 heterocycles. The summed E-state index contributed by atoms with van der Waals surface area (Å²) >= 11 is 0. The van der Waals surface area contributed by atoms with Gasteiger partial charge in [0.2, 0.25) is 0 Å². The summed E-state index contributed by atoms with van der Waals surface area (Å²) in [7, 11) is 0. The van der Waals surface area contributed by atoms with Gasteiger partial charge < -0.3 is 19.5 Å². The van der Waals surface area contributed by atoms with Crippen LogP contribution in [0, 0.1) is 0 Å². The number of alkyl carbamates (subject to hydrolysis) is 1. The molecular formula is C29H53N7O7+2. The van der Waals surface area contributed by atoms with E-state index in [1.54, 1.807) is 9.15 Å². The van der Waals surface area contributed by atoms with Gasteiger partial charge in [0.1, 0.15) is 20.1 Å². The number of carbonyl (C=O) groups excluding carboxylic acids is 3. The molecule has 14 nitrogen and oxygen atoms in total. The first kappa shape index (κ1) is 36.7. The van der Waals surface area contributed by atoms with Crippen molar-refractivity contribution in [2.75, 3.05) is 59.4 Å². The van der Waals surface area contributed by atoms with E-state index < -0.39 is 6.09 Å². The molecule has 0 aliphatic carbocycles. The third-order valence-electron chi connectivity index (χ3n) is 7.13. The average molecular weight is 612 g/mol. The van der Waals surface area contributed by atoms with E-state index in [1.807, 2.05) is 24.2 Å². The second-order valence-corrected chi connectivity index (χ2v) is 10.9. The highest BCUT2D eigenvalue weighted by Crippen LogP contribution is 2.14. The lowest BCUT2D eigenvalue weighted by Crippen LogP contribution is -2.51. The maximum Gasteiger partial charge on any atom is 0.426 e. The molecule has 0 spiro atoms. The van der Waals surface area contributed by atoms with E-state index in [0.717, 1.165) is 82.6 Å². The van der Waals surface area contributed by atoms with Gasteiger partial charge in [0.15, 0.2) is 13.1 Å². The minimum absolute atomic E-state index is 0.212. The summed E-state index contributed by atoms with van der Waals surface area (Å²) in [6, 6.07) is 0. The quantitative estimate of drug-likeness (QED) is 0.0378. The molecule has 2 fully saturated rings. The maximum absolute atomic E-state index is 11.8. The molecular weight excluding hydrogens is 558 g/mol. The topological polar surface area (TPSA) is 146 Å². The van der Waals surface area contributed by atoms with Crippen molar-refractivity contribution in [1.82, 2.24) is 26.8 Å². The Bertz CT molecular complexity index is 864. The Morgan fingerprint density at radius 2 is 1.47 bits per heavy atom. The Hall–Kier alpha value is -2.51. The van der Waals surface area contributed by atoms with Gasteiger partial charge >= 0.3 is 18.3 Å². The van der Waals surface area contributed by atoms with Crippen molar-refractivity contribution in [2.24, 2.45) is 0 Å². The lowest BCUT2D eigenvalue weighted by molar-refractivity contribution is -0.610. The molecule has 2 aliphatic rings. The van der Waals surface area contributed by atoms with E-state index in [1.165, 1.54) is 0 Å². The fourth-order valence-electron chi connectivity index (χ4n) is 4.77. The Labute approximate surface area is 255 Å². The zero-order chi connectivity index (χ0) is 31.0. The van der Waals surface area contributed by atoms with E-state index >= 15 is 0 Å². The summed E-state index contributed by atoms with van der Waals surface area (Å²) in [4.78, 5) is 39.7. The van der Waals surface area contributed by atoms with E-state index in [0.29, 0.717) is 39.3 Å². The highest BCUT2D eigenvalue weighted by Gasteiger charge is 2.26. The summed E-state index contributed by atoms with van der Waals surface area (Å²) in [6.07, 6.45) is 14.3. The van der Waals surface area contributed by atoms with E-state index in [2.05, 4.69) is 28.2 Å². The third kappa shape index (κ3) is 17.4. The van der Waals surface area contributed by atoms with Crippen LogP contribution in [-0.2, 0) is 28.6 Å².